The van der Waals surface area contributed by atoms with E-state index in [4.69, 9.17) is 16.5 Å². The van der Waals surface area contributed by atoms with Gasteiger partial charge in [-0.2, -0.15) is 19.8 Å². The van der Waals surface area contributed by atoms with E-state index in [0.29, 0.717) is 22.5 Å². The van der Waals surface area contributed by atoms with Crippen molar-refractivity contribution < 1.29 is 13.6 Å². The molecule has 2 aromatic rings. The molecule has 0 radical (unpaired) electrons. The molecule has 1 aromatic carbocycles. The summed E-state index contributed by atoms with van der Waals surface area (Å²) in [6.45, 7) is 13.3. The molecule has 0 atom stereocenters. The molecule has 2 rings (SSSR count). The first kappa shape index (κ1) is 24.7. The highest BCUT2D eigenvalue weighted by Gasteiger charge is 2.31. The van der Waals surface area contributed by atoms with E-state index in [2.05, 4.69) is 37.4 Å². The Balaban J connectivity index is 2.40. The molecular weight excluding hydrogens is 400 g/mol. The number of aryl methyl sites for hydroxylation is 2. The highest BCUT2D eigenvalue weighted by atomic mass is 19.3. The molecule has 1 aromatic heterocycles. The van der Waals surface area contributed by atoms with Gasteiger partial charge in [0.05, 0.1) is 12.2 Å². The smallest absolute Gasteiger partial charge is 0.285 e. The Bertz CT molecular complexity index is 992. The Morgan fingerprint density at radius 1 is 1.29 bits per heavy atom. The van der Waals surface area contributed by atoms with Gasteiger partial charge in [0.1, 0.15) is 0 Å². The minimum Gasteiger partial charge on any atom is -0.389 e. The minimum atomic E-state index is -3.09. The first-order chi connectivity index (χ1) is 14.4. The summed E-state index contributed by atoms with van der Waals surface area (Å²) in [6.07, 6.45) is 1.87. The lowest BCUT2D eigenvalue weighted by molar-refractivity contribution is 0.00532. The van der Waals surface area contributed by atoms with Gasteiger partial charge in [0.2, 0.25) is 0 Å². The van der Waals surface area contributed by atoms with Crippen LogP contribution in [0.3, 0.4) is 0 Å². The van der Waals surface area contributed by atoms with Crippen molar-refractivity contribution in [1.82, 2.24) is 9.78 Å². The fourth-order valence-corrected chi connectivity index (χ4v) is 3.38. The fourth-order valence-electron chi connectivity index (χ4n) is 3.38. The van der Waals surface area contributed by atoms with Gasteiger partial charge in [-0.15, -0.1) is 0 Å². The Morgan fingerprint density at radius 2 is 1.94 bits per heavy atom. The van der Waals surface area contributed by atoms with Gasteiger partial charge in [-0.25, -0.2) is 4.99 Å². The average molecular weight is 434 g/mol. The molecule has 0 saturated heterocycles. The zero-order chi connectivity index (χ0) is 23.6. The second-order valence-electron chi connectivity index (χ2n) is 8.66. The number of rotatable bonds is 8. The number of aliphatic imine (C=N–C) groups is 1. The highest BCUT2D eigenvalue weighted by Crippen LogP contribution is 2.32. The van der Waals surface area contributed by atoms with Crippen molar-refractivity contribution in [2.45, 2.75) is 53.4 Å². The lowest BCUT2D eigenvalue weighted by Crippen LogP contribution is -2.26. The van der Waals surface area contributed by atoms with Gasteiger partial charge in [-0.05, 0) is 42.9 Å². The van der Waals surface area contributed by atoms with Gasteiger partial charge in [0.15, 0.2) is 5.69 Å². The molecule has 0 aliphatic rings. The van der Waals surface area contributed by atoms with Crippen LogP contribution in [-0.4, -0.2) is 22.2 Å². The van der Waals surface area contributed by atoms with Crippen molar-refractivity contribution in [2.75, 3.05) is 6.54 Å². The van der Waals surface area contributed by atoms with Crippen molar-refractivity contribution in [3.05, 3.63) is 58.4 Å². The van der Waals surface area contributed by atoms with Crippen molar-refractivity contribution in [1.29, 1.82) is 0 Å². The number of benzene rings is 1. The minimum absolute atomic E-state index is 0.116. The Labute approximate surface area is 182 Å². The molecule has 0 fully saturated rings. The zero-order valence-corrected chi connectivity index (χ0v) is 19.2. The molecule has 0 amide bonds. The van der Waals surface area contributed by atoms with Gasteiger partial charge in [-0.3, -0.25) is 4.68 Å². The lowest BCUT2D eigenvalue weighted by atomic mass is 9.84. The second-order valence-corrected chi connectivity index (χ2v) is 8.66. The largest absolute Gasteiger partial charge is 0.389 e. The molecule has 0 unspecified atom stereocenters. The van der Waals surface area contributed by atoms with E-state index < -0.39 is 12.5 Å². The standard InChI is InChI=1S/C23H33F2N5O/c1-8-22(5,6)12-19-15(3)20(29-30(19)7)21(31-27)28-16(4)17-9-10-18(14(2)11-17)23(24,25)13-26/h9-11H,4,8,12-13,26-27H2,1-3,5-7H3. The van der Waals surface area contributed by atoms with E-state index in [0.717, 1.165) is 24.1 Å². The van der Waals surface area contributed by atoms with Crippen LogP contribution in [0, 0.1) is 19.3 Å². The normalized spacial score (nSPS) is 12.9. The molecular formula is C23H33F2N5O. The number of halogens is 2. The summed E-state index contributed by atoms with van der Waals surface area (Å²) in [7, 11) is 1.88. The summed E-state index contributed by atoms with van der Waals surface area (Å²) in [5.41, 5.74) is 9.02. The van der Waals surface area contributed by atoms with Crippen LogP contribution in [0.2, 0.25) is 0 Å². The monoisotopic (exact) mass is 433 g/mol. The molecule has 0 bridgehead atoms. The molecule has 0 saturated carbocycles. The van der Waals surface area contributed by atoms with Crippen LogP contribution in [-0.2, 0) is 24.2 Å². The van der Waals surface area contributed by atoms with E-state index in [1.54, 1.807) is 13.0 Å². The summed E-state index contributed by atoms with van der Waals surface area (Å²) < 4.78 is 29.8. The zero-order valence-electron chi connectivity index (χ0n) is 19.2. The molecule has 0 aliphatic heterocycles. The predicted octanol–water partition coefficient (Wildman–Crippen LogP) is 4.37. The van der Waals surface area contributed by atoms with E-state index in [1.807, 2.05) is 18.7 Å². The van der Waals surface area contributed by atoms with E-state index >= 15 is 0 Å². The van der Waals surface area contributed by atoms with Crippen molar-refractivity contribution in [2.24, 2.45) is 29.1 Å². The number of aromatic nitrogens is 2. The number of alkyl halides is 2. The quantitative estimate of drug-likeness (QED) is 0.367. The van der Waals surface area contributed by atoms with Gasteiger partial charge >= 0.3 is 0 Å². The number of hydrogen-bond acceptors (Lipinski definition) is 5. The molecule has 0 spiro atoms. The average Bonchev–Trinajstić information content (AvgIpc) is 2.99. The first-order valence-electron chi connectivity index (χ1n) is 10.2. The maximum Gasteiger partial charge on any atom is 0.285 e. The summed E-state index contributed by atoms with van der Waals surface area (Å²) >= 11 is 0. The van der Waals surface area contributed by atoms with E-state index in [-0.39, 0.29) is 16.9 Å². The molecule has 31 heavy (non-hydrogen) atoms. The van der Waals surface area contributed by atoms with Gasteiger partial charge in [-0.1, -0.05) is 45.9 Å². The van der Waals surface area contributed by atoms with E-state index in [1.165, 1.54) is 12.1 Å². The maximum absolute atomic E-state index is 14.0. The fraction of sp³-hybridized carbons (Fsp3) is 0.478. The van der Waals surface area contributed by atoms with Crippen LogP contribution in [0.5, 0.6) is 0 Å². The van der Waals surface area contributed by atoms with Crippen molar-refractivity contribution in [3.8, 4) is 0 Å². The second kappa shape index (κ2) is 9.28. The molecule has 6 nitrogen and oxygen atoms in total. The third kappa shape index (κ3) is 5.37. The summed E-state index contributed by atoms with van der Waals surface area (Å²) in [4.78, 5) is 9.44. The molecule has 0 aliphatic carbocycles. The number of hydrogen-bond donors (Lipinski definition) is 2. The van der Waals surface area contributed by atoms with Crippen LogP contribution < -0.4 is 11.6 Å². The van der Waals surface area contributed by atoms with Crippen molar-refractivity contribution >= 4 is 11.6 Å². The molecule has 170 valence electrons. The summed E-state index contributed by atoms with van der Waals surface area (Å²) in [5, 5.41) is 4.55. The molecule has 4 N–H and O–H groups in total. The number of nitrogens with zero attached hydrogens (tertiary/aromatic N) is 3. The molecule has 8 heteroatoms. The van der Waals surface area contributed by atoms with Crippen LogP contribution in [0.15, 0.2) is 29.8 Å². The predicted molar refractivity (Wildman–Crippen MR) is 121 cm³/mol. The maximum atomic E-state index is 14.0. The molecule has 1 heterocycles. The third-order valence-corrected chi connectivity index (χ3v) is 5.79. The SMILES string of the molecule is C=C(N=C(ON)c1nn(C)c(CC(C)(C)CC)c1C)c1ccc(C(F)(F)CN)c(C)c1. The Kier molecular flexibility index (Phi) is 7.39. The Hall–Kier alpha value is -2.58. The Morgan fingerprint density at radius 3 is 2.45 bits per heavy atom. The van der Waals surface area contributed by atoms with E-state index in [9.17, 15) is 8.78 Å². The first-order valence-corrected chi connectivity index (χ1v) is 10.2. The summed E-state index contributed by atoms with van der Waals surface area (Å²) in [6, 6.07) is 4.48. The highest BCUT2D eigenvalue weighted by molar-refractivity contribution is 5.97. The third-order valence-electron chi connectivity index (χ3n) is 5.79. The van der Waals surface area contributed by atoms with Crippen molar-refractivity contribution in [3.63, 3.8) is 0 Å². The lowest BCUT2D eigenvalue weighted by Gasteiger charge is -2.22. The van der Waals surface area contributed by atoms with Gasteiger partial charge in [0, 0.05) is 23.9 Å². The van der Waals surface area contributed by atoms with Crippen LogP contribution in [0.4, 0.5) is 8.78 Å². The van der Waals surface area contributed by atoms with Crippen LogP contribution in [0.25, 0.3) is 5.70 Å². The van der Waals surface area contributed by atoms with Gasteiger partial charge in [0.25, 0.3) is 11.8 Å². The van der Waals surface area contributed by atoms with Crippen LogP contribution >= 0.6 is 0 Å². The van der Waals surface area contributed by atoms with Crippen LogP contribution in [0.1, 0.15) is 60.8 Å². The number of nitrogens with two attached hydrogens (primary N) is 2. The van der Waals surface area contributed by atoms with Gasteiger partial charge < -0.3 is 10.6 Å². The summed E-state index contributed by atoms with van der Waals surface area (Å²) in [5.74, 6) is 2.54. The topological polar surface area (TPSA) is 91.5 Å².